The summed E-state index contributed by atoms with van der Waals surface area (Å²) < 4.78 is 16.9. The maximum atomic E-state index is 12.6. The number of anilines is 2. The molecule has 2 saturated heterocycles. The SMILES string of the molecule is CC(=O)NC[C@H]1CN(c2ccc3c(c2)OCC2CN(C(=O)OCc4ccccc4)CCN32)C(=O)O1. The predicted molar refractivity (Wildman–Crippen MR) is 128 cm³/mol. The average molecular weight is 481 g/mol. The van der Waals surface area contributed by atoms with Crippen molar-refractivity contribution in [2.75, 3.05) is 49.1 Å². The number of rotatable bonds is 5. The maximum Gasteiger partial charge on any atom is 0.414 e. The summed E-state index contributed by atoms with van der Waals surface area (Å²) in [7, 11) is 0. The second-order valence-electron chi connectivity index (χ2n) is 8.85. The summed E-state index contributed by atoms with van der Waals surface area (Å²) in [5.74, 6) is 0.526. The van der Waals surface area contributed by atoms with Gasteiger partial charge < -0.3 is 29.3 Å². The van der Waals surface area contributed by atoms with Crippen molar-refractivity contribution in [1.29, 1.82) is 0 Å². The van der Waals surface area contributed by atoms with Crippen molar-refractivity contribution in [2.24, 2.45) is 0 Å². The van der Waals surface area contributed by atoms with Crippen LogP contribution in [-0.4, -0.2) is 74.5 Å². The first-order valence-electron chi connectivity index (χ1n) is 11.7. The number of cyclic esters (lactones) is 1. The van der Waals surface area contributed by atoms with Gasteiger partial charge in [0.15, 0.2) is 0 Å². The second kappa shape index (κ2) is 9.73. The van der Waals surface area contributed by atoms with Crippen molar-refractivity contribution in [3.05, 3.63) is 54.1 Å². The van der Waals surface area contributed by atoms with E-state index in [1.807, 2.05) is 48.5 Å². The Morgan fingerprint density at radius 2 is 1.94 bits per heavy atom. The zero-order valence-electron chi connectivity index (χ0n) is 19.5. The first-order chi connectivity index (χ1) is 17.0. The molecule has 3 aliphatic heterocycles. The summed E-state index contributed by atoms with van der Waals surface area (Å²) in [5, 5.41) is 2.68. The minimum Gasteiger partial charge on any atom is -0.489 e. The first-order valence-corrected chi connectivity index (χ1v) is 11.7. The summed E-state index contributed by atoms with van der Waals surface area (Å²) >= 11 is 0. The van der Waals surface area contributed by atoms with Crippen LogP contribution in [0.2, 0.25) is 0 Å². The Hall–Kier alpha value is -3.95. The van der Waals surface area contributed by atoms with Crippen LogP contribution in [0, 0.1) is 0 Å². The Bertz CT molecular complexity index is 1110. The molecule has 184 valence electrons. The number of benzene rings is 2. The van der Waals surface area contributed by atoms with Crippen molar-refractivity contribution in [3.8, 4) is 5.75 Å². The van der Waals surface area contributed by atoms with E-state index >= 15 is 0 Å². The molecular formula is C25H28N4O6. The van der Waals surface area contributed by atoms with Crippen molar-refractivity contribution >= 4 is 29.5 Å². The van der Waals surface area contributed by atoms with Gasteiger partial charge in [0.1, 0.15) is 25.1 Å². The number of ether oxygens (including phenoxy) is 3. The van der Waals surface area contributed by atoms with Gasteiger partial charge in [-0.15, -0.1) is 0 Å². The van der Waals surface area contributed by atoms with Gasteiger partial charge in [-0.05, 0) is 17.7 Å². The van der Waals surface area contributed by atoms with Crippen molar-refractivity contribution in [2.45, 2.75) is 25.7 Å². The second-order valence-corrected chi connectivity index (χ2v) is 8.85. The molecule has 0 radical (unpaired) electrons. The highest BCUT2D eigenvalue weighted by Gasteiger charge is 2.37. The van der Waals surface area contributed by atoms with Gasteiger partial charge in [0.2, 0.25) is 5.91 Å². The molecule has 2 aromatic rings. The molecule has 3 amide bonds. The summed E-state index contributed by atoms with van der Waals surface area (Å²) in [6.07, 6.45) is -1.17. The Morgan fingerprint density at radius 3 is 2.74 bits per heavy atom. The monoisotopic (exact) mass is 480 g/mol. The Labute approximate surface area is 203 Å². The van der Waals surface area contributed by atoms with E-state index in [0.29, 0.717) is 44.2 Å². The minimum absolute atomic E-state index is 0.0187. The zero-order valence-corrected chi connectivity index (χ0v) is 19.5. The van der Waals surface area contributed by atoms with Crippen LogP contribution in [0.3, 0.4) is 0 Å². The third-order valence-corrected chi connectivity index (χ3v) is 6.39. The third kappa shape index (κ3) is 4.96. The number of carbonyl (C=O) groups excluding carboxylic acids is 3. The summed E-state index contributed by atoms with van der Waals surface area (Å²) in [6.45, 7) is 4.45. The number of hydrogen-bond donors (Lipinski definition) is 1. The van der Waals surface area contributed by atoms with E-state index < -0.39 is 12.2 Å². The lowest BCUT2D eigenvalue weighted by atomic mass is 10.1. The molecule has 3 heterocycles. The van der Waals surface area contributed by atoms with Crippen LogP contribution in [0.5, 0.6) is 5.75 Å². The molecule has 1 N–H and O–H groups in total. The van der Waals surface area contributed by atoms with Crippen molar-refractivity contribution in [3.63, 3.8) is 0 Å². The molecule has 0 bridgehead atoms. The molecule has 2 atom stereocenters. The smallest absolute Gasteiger partial charge is 0.414 e. The molecule has 35 heavy (non-hydrogen) atoms. The fourth-order valence-corrected chi connectivity index (χ4v) is 4.60. The summed E-state index contributed by atoms with van der Waals surface area (Å²) in [6, 6.07) is 15.3. The number of amides is 3. The van der Waals surface area contributed by atoms with Crippen LogP contribution in [0.15, 0.2) is 48.5 Å². The molecule has 3 aliphatic rings. The number of nitrogens with one attached hydrogen (secondary N) is 1. The van der Waals surface area contributed by atoms with Gasteiger partial charge in [-0.25, -0.2) is 9.59 Å². The molecule has 0 aliphatic carbocycles. The fraction of sp³-hybridized carbons (Fsp3) is 0.400. The molecule has 0 aromatic heterocycles. The van der Waals surface area contributed by atoms with Crippen LogP contribution >= 0.6 is 0 Å². The third-order valence-electron chi connectivity index (χ3n) is 6.39. The van der Waals surface area contributed by atoms with Crippen LogP contribution in [0.1, 0.15) is 12.5 Å². The van der Waals surface area contributed by atoms with Gasteiger partial charge in [0.05, 0.1) is 30.5 Å². The van der Waals surface area contributed by atoms with Crippen LogP contribution in [0.4, 0.5) is 21.0 Å². The van der Waals surface area contributed by atoms with Gasteiger partial charge in [0.25, 0.3) is 0 Å². The van der Waals surface area contributed by atoms with Crippen LogP contribution < -0.4 is 19.9 Å². The van der Waals surface area contributed by atoms with Gasteiger partial charge in [-0.2, -0.15) is 0 Å². The molecule has 5 rings (SSSR count). The van der Waals surface area contributed by atoms with Crippen molar-refractivity contribution in [1.82, 2.24) is 10.2 Å². The molecule has 10 heteroatoms. The average Bonchev–Trinajstić information content (AvgIpc) is 3.26. The number of nitrogens with zero attached hydrogens (tertiary/aromatic N) is 3. The first kappa shape index (κ1) is 22.8. The van der Waals surface area contributed by atoms with Gasteiger partial charge >= 0.3 is 12.2 Å². The summed E-state index contributed by atoms with van der Waals surface area (Å²) in [5.41, 5.74) is 2.57. The number of fused-ring (bicyclic) bond motifs is 3. The van der Waals surface area contributed by atoms with Crippen LogP contribution in [-0.2, 0) is 20.9 Å². The lowest BCUT2D eigenvalue weighted by Crippen LogP contribution is -2.58. The number of hydrogen-bond acceptors (Lipinski definition) is 7. The number of carbonyl (C=O) groups is 3. The summed E-state index contributed by atoms with van der Waals surface area (Å²) in [4.78, 5) is 41.6. The van der Waals surface area contributed by atoms with Crippen molar-refractivity contribution < 1.29 is 28.6 Å². The van der Waals surface area contributed by atoms with E-state index in [1.54, 1.807) is 9.80 Å². The highest BCUT2D eigenvalue weighted by atomic mass is 16.6. The van der Waals surface area contributed by atoms with E-state index in [1.165, 1.54) is 6.92 Å². The molecule has 0 saturated carbocycles. The van der Waals surface area contributed by atoms with Gasteiger partial charge in [0, 0.05) is 32.6 Å². The molecular weight excluding hydrogens is 452 g/mol. The highest BCUT2D eigenvalue weighted by molar-refractivity contribution is 5.91. The maximum absolute atomic E-state index is 12.6. The van der Waals surface area contributed by atoms with E-state index in [9.17, 15) is 14.4 Å². The quantitative estimate of drug-likeness (QED) is 0.701. The lowest BCUT2D eigenvalue weighted by molar-refractivity contribution is -0.119. The normalized spacial score (nSPS) is 20.9. The van der Waals surface area contributed by atoms with Crippen LogP contribution in [0.25, 0.3) is 0 Å². The Balaban J connectivity index is 1.20. The molecule has 10 nitrogen and oxygen atoms in total. The lowest BCUT2D eigenvalue weighted by Gasteiger charge is -2.45. The molecule has 2 aromatic carbocycles. The van der Waals surface area contributed by atoms with E-state index in [2.05, 4.69) is 10.2 Å². The standard InChI is InChI=1S/C25H28N4O6/c1-17(30)26-12-21-14-29(25(32)35-21)19-7-8-22-23(11-19)33-16-20-13-27(9-10-28(20)22)24(31)34-15-18-5-3-2-4-6-18/h2-8,11,20-21H,9-10,12-16H2,1H3,(H,26,30)/t20?,21-/m0/s1. The van der Waals surface area contributed by atoms with E-state index in [4.69, 9.17) is 14.2 Å². The predicted octanol–water partition coefficient (Wildman–Crippen LogP) is 2.37. The Kier molecular flexibility index (Phi) is 6.35. The zero-order chi connectivity index (χ0) is 24.4. The highest BCUT2D eigenvalue weighted by Crippen LogP contribution is 2.39. The topological polar surface area (TPSA) is 101 Å². The molecule has 1 unspecified atom stereocenters. The van der Waals surface area contributed by atoms with Gasteiger partial charge in [-0.1, -0.05) is 30.3 Å². The fourth-order valence-electron chi connectivity index (χ4n) is 4.60. The van der Waals surface area contributed by atoms with Gasteiger partial charge in [-0.3, -0.25) is 9.69 Å². The molecule has 0 spiro atoms. The molecule has 2 fully saturated rings. The van der Waals surface area contributed by atoms with E-state index in [-0.39, 0.29) is 31.2 Å². The number of piperazine rings is 1. The largest absolute Gasteiger partial charge is 0.489 e. The Morgan fingerprint density at radius 1 is 1.11 bits per heavy atom. The minimum atomic E-state index is -0.448. The van der Waals surface area contributed by atoms with E-state index in [0.717, 1.165) is 11.3 Å².